The quantitative estimate of drug-likeness (QED) is 0.483. The lowest BCUT2D eigenvalue weighted by Gasteiger charge is -2.57. The molecule has 0 heterocycles. The van der Waals surface area contributed by atoms with Gasteiger partial charge in [0, 0.05) is 12.6 Å². The van der Waals surface area contributed by atoms with Crippen molar-refractivity contribution in [1.82, 2.24) is 4.90 Å². The van der Waals surface area contributed by atoms with Gasteiger partial charge in [-0.1, -0.05) is 12.1 Å². The summed E-state index contributed by atoms with van der Waals surface area (Å²) in [6, 6.07) is 11.4. The van der Waals surface area contributed by atoms with E-state index in [-0.39, 0.29) is 28.0 Å². The maximum atomic E-state index is 13.9. The molecule has 2 aromatic rings. The van der Waals surface area contributed by atoms with Crippen LogP contribution in [0.25, 0.3) is 0 Å². The van der Waals surface area contributed by atoms with Crippen LogP contribution in [-0.4, -0.2) is 25.3 Å². The van der Waals surface area contributed by atoms with Crippen molar-refractivity contribution in [1.29, 1.82) is 0 Å². The van der Waals surface area contributed by atoms with Gasteiger partial charge < -0.3 is 9.08 Å². The van der Waals surface area contributed by atoms with Crippen molar-refractivity contribution in [3.63, 3.8) is 0 Å². The second-order valence-corrected chi connectivity index (χ2v) is 12.4. The molecular weight excluding hydrogens is 453 g/mol. The van der Waals surface area contributed by atoms with Crippen LogP contribution in [0.4, 0.5) is 4.39 Å². The number of benzene rings is 2. The van der Waals surface area contributed by atoms with Gasteiger partial charge in [-0.3, -0.25) is 4.79 Å². The third kappa shape index (κ3) is 4.47. The van der Waals surface area contributed by atoms with E-state index in [0.29, 0.717) is 24.3 Å². The van der Waals surface area contributed by atoms with Crippen LogP contribution < -0.4 is 4.18 Å². The Morgan fingerprint density at radius 2 is 1.62 bits per heavy atom. The summed E-state index contributed by atoms with van der Waals surface area (Å²) in [6.07, 6.45) is 6.91. The summed E-state index contributed by atoms with van der Waals surface area (Å²) in [5, 5.41) is 0. The number of carbonyl (C=O) groups excluding carboxylic acids is 1. The summed E-state index contributed by atoms with van der Waals surface area (Å²) in [6.45, 7) is 4.49. The predicted molar refractivity (Wildman–Crippen MR) is 127 cm³/mol. The number of hydrogen-bond donors (Lipinski definition) is 0. The fourth-order valence-electron chi connectivity index (χ4n) is 6.83. The molecule has 34 heavy (non-hydrogen) atoms. The highest BCUT2D eigenvalue weighted by Gasteiger charge is 2.55. The smallest absolute Gasteiger partial charge is 0.339 e. The minimum Gasteiger partial charge on any atom is -0.379 e. The third-order valence-corrected chi connectivity index (χ3v) is 9.20. The van der Waals surface area contributed by atoms with Crippen molar-refractivity contribution in [3.05, 3.63) is 59.9 Å². The maximum Gasteiger partial charge on any atom is 0.339 e. The Balaban J connectivity index is 1.34. The van der Waals surface area contributed by atoms with Crippen LogP contribution in [0, 0.1) is 29.0 Å². The van der Waals surface area contributed by atoms with E-state index in [1.54, 1.807) is 18.2 Å². The van der Waals surface area contributed by atoms with E-state index in [0.717, 1.165) is 37.0 Å². The predicted octanol–water partition coefficient (Wildman–Crippen LogP) is 5.55. The number of nitrogens with zero attached hydrogens (tertiary/aromatic N) is 1. The lowest BCUT2D eigenvalue weighted by molar-refractivity contribution is -0.160. The highest BCUT2D eigenvalue weighted by molar-refractivity contribution is 7.87. The van der Waals surface area contributed by atoms with Gasteiger partial charge in [0.2, 0.25) is 5.91 Å². The maximum absolute atomic E-state index is 13.9. The van der Waals surface area contributed by atoms with Crippen molar-refractivity contribution in [3.8, 4) is 5.75 Å². The van der Waals surface area contributed by atoms with Gasteiger partial charge in [-0.25, -0.2) is 4.39 Å². The van der Waals surface area contributed by atoms with Crippen LogP contribution in [-0.2, 0) is 21.5 Å². The molecule has 7 heteroatoms. The highest BCUT2D eigenvalue weighted by Crippen LogP contribution is 2.60. The van der Waals surface area contributed by atoms with E-state index in [2.05, 4.69) is 0 Å². The van der Waals surface area contributed by atoms with Crippen LogP contribution >= 0.6 is 0 Å². The largest absolute Gasteiger partial charge is 0.379 e. The van der Waals surface area contributed by atoms with E-state index < -0.39 is 15.9 Å². The van der Waals surface area contributed by atoms with E-state index in [1.807, 2.05) is 24.8 Å². The SMILES string of the molecule is CC(C)N(Cc1cccc(OS(=O)(=O)c2ccc(F)cc2)c1)C(=O)C12CC3CC(CC(C3)C1)C2. The fraction of sp³-hybridized carbons (Fsp3) is 0.519. The van der Waals surface area contributed by atoms with E-state index in [9.17, 15) is 17.6 Å². The highest BCUT2D eigenvalue weighted by atomic mass is 32.2. The van der Waals surface area contributed by atoms with Gasteiger partial charge in [0.05, 0.1) is 5.41 Å². The molecule has 0 aliphatic heterocycles. The van der Waals surface area contributed by atoms with E-state index in [1.165, 1.54) is 31.4 Å². The minimum atomic E-state index is -4.09. The Morgan fingerprint density at radius 3 is 2.18 bits per heavy atom. The normalized spacial score (nSPS) is 27.7. The summed E-state index contributed by atoms with van der Waals surface area (Å²) in [4.78, 5) is 15.8. The monoisotopic (exact) mass is 485 g/mol. The van der Waals surface area contributed by atoms with Crippen LogP contribution in [0.15, 0.2) is 53.4 Å². The van der Waals surface area contributed by atoms with Crippen LogP contribution in [0.5, 0.6) is 5.75 Å². The van der Waals surface area contributed by atoms with Gasteiger partial charge >= 0.3 is 10.1 Å². The number of rotatable bonds is 7. The zero-order valence-corrected chi connectivity index (χ0v) is 20.6. The van der Waals surface area contributed by atoms with E-state index >= 15 is 0 Å². The van der Waals surface area contributed by atoms with Crippen LogP contribution in [0.1, 0.15) is 57.9 Å². The molecule has 0 spiro atoms. The summed E-state index contributed by atoms with van der Waals surface area (Å²) >= 11 is 0. The number of hydrogen-bond acceptors (Lipinski definition) is 4. The minimum absolute atomic E-state index is 0.0352. The van der Waals surface area contributed by atoms with Gasteiger partial charge in [0.15, 0.2) is 0 Å². The topological polar surface area (TPSA) is 63.7 Å². The Labute approximate surface area is 201 Å². The summed E-state index contributed by atoms with van der Waals surface area (Å²) < 4.78 is 43.7. The van der Waals surface area contributed by atoms with Gasteiger partial charge in [-0.15, -0.1) is 0 Å². The molecule has 5 nitrogen and oxygen atoms in total. The molecule has 0 unspecified atom stereocenters. The molecule has 4 fully saturated rings. The molecule has 0 radical (unpaired) electrons. The van der Waals surface area contributed by atoms with Crippen molar-refractivity contribution < 1.29 is 21.8 Å². The number of halogens is 1. The zero-order chi connectivity index (χ0) is 24.1. The average Bonchev–Trinajstić information content (AvgIpc) is 2.76. The summed E-state index contributed by atoms with van der Waals surface area (Å²) in [7, 11) is -4.09. The first kappa shape index (κ1) is 23.3. The van der Waals surface area contributed by atoms with Gasteiger partial charge in [0.1, 0.15) is 16.5 Å². The third-order valence-electron chi connectivity index (χ3n) is 7.94. The molecular formula is C27H32FNO4S. The Hall–Kier alpha value is -2.41. The molecule has 1 amide bonds. The van der Waals surface area contributed by atoms with Gasteiger partial charge in [-0.05, 0) is 112 Å². The molecule has 4 saturated carbocycles. The number of carbonyl (C=O) groups is 1. The first-order valence-corrected chi connectivity index (χ1v) is 13.6. The van der Waals surface area contributed by atoms with Crippen molar-refractivity contribution in [2.45, 2.75) is 69.9 Å². The molecule has 6 rings (SSSR count). The van der Waals surface area contributed by atoms with Crippen LogP contribution in [0.2, 0.25) is 0 Å². The molecule has 0 aromatic heterocycles. The molecule has 2 aromatic carbocycles. The Kier molecular flexibility index (Phi) is 5.95. The number of amides is 1. The second-order valence-electron chi connectivity index (χ2n) is 10.9. The molecule has 4 aliphatic rings. The van der Waals surface area contributed by atoms with Gasteiger partial charge in [0.25, 0.3) is 0 Å². The van der Waals surface area contributed by atoms with Crippen molar-refractivity contribution in [2.75, 3.05) is 0 Å². The van der Waals surface area contributed by atoms with Crippen molar-refractivity contribution in [2.24, 2.45) is 23.2 Å². The van der Waals surface area contributed by atoms with Crippen LogP contribution in [0.3, 0.4) is 0 Å². The molecule has 182 valence electrons. The lowest BCUT2D eigenvalue weighted by Crippen LogP contribution is -2.55. The molecule has 0 N–H and O–H groups in total. The van der Waals surface area contributed by atoms with Gasteiger partial charge in [-0.2, -0.15) is 8.42 Å². The first-order chi connectivity index (χ1) is 16.1. The lowest BCUT2D eigenvalue weighted by atomic mass is 9.49. The Morgan fingerprint density at radius 1 is 1.03 bits per heavy atom. The standard InChI is InChI=1S/C27H32FNO4S/c1-18(2)29(26(30)27-14-20-10-21(15-27)12-22(11-20)16-27)17-19-4-3-5-24(13-19)33-34(31,32)25-8-6-23(28)7-9-25/h3-9,13,18,20-22H,10-12,14-17H2,1-2H3. The Bertz CT molecular complexity index is 1140. The van der Waals surface area contributed by atoms with E-state index in [4.69, 9.17) is 4.18 Å². The van der Waals surface area contributed by atoms with Crippen molar-refractivity contribution >= 4 is 16.0 Å². The molecule has 0 saturated heterocycles. The summed E-state index contributed by atoms with van der Waals surface area (Å²) in [5.41, 5.74) is 0.595. The molecule has 4 aliphatic carbocycles. The summed E-state index contributed by atoms with van der Waals surface area (Å²) in [5.74, 6) is 1.99. The first-order valence-electron chi connectivity index (χ1n) is 12.2. The molecule has 4 bridgehead atoms. The zero-order valence-electron chi connectivity index (χ0n) is 19.7. The fourth-order valence-corrected chi connectivity index (χ4v) is 7.76. The average molecular weight is 486 g/mol. The molecule has 0 atom stereocenters. The second kappa shape index (κ2) is 8.67.